The normalized spacial score (nSPS) is 1.17. The molecular weight excluding hydrogens is 119 g/mol. The molecule has 0 N–H and O–H groups in total. The fourth-order valence-corrected chi connectivity index (χ4v) is 0. The van der Waals surface area contributed by atoms with Crippen LogP contribution in [0.3, 0.4) is 0 Å². The summed E-state index contributed by atoms with van der Waals surface area (Å²) in [5, 5.41) is 0. The molecule has 0 aliphatic heterocycles. The molecule has 6 heavy (non-hydrogen) atoms. The summed E-state index contributed by atoms with van der Waals surface area (Å²) >= 11 is 1.06. The van der Waals surface area contributed by atoms with E-state index in [0.29, 0.717) is 0 Å². The van der Waals surface area contributed by atoms with Crippen molar-refractivity contribution >= 4 is 6.79 Å². The van der Waals surface area contributed by atoms with E-state index in [1.165, 1.54) is 0 Å². The minimum absolute atomic E-state index is 0. The van der Waals surface area contributed by atoms with E-state index in [9.17, 15) is 0 Å². The summed E-state index contributed by atoms with van der Waals surface area (Å²) in [5.74, 6) is 0. The van der Waals surface area contributed by atoms with Crippen molar-refractivity contribution < 1.29 is 25.8 Å². The number of hydrogen-bond acceptors (Lipinski definition) is 2. The maximum atomic E-state index is 8.19. The summed E-state index contributed by atoms with van der Waals surface area (Å²) in [5.41, 5.74) is 0. The van der Waals surface area contributed by atoms with Gasteiger partial charge >= 0.3 is 21.0 Å². The van der Waals surface area contributed by atoms with E-state index >= 15 is 0 Å². The van der Waals surface area contributed by atoms with Crippen molar-refractivity contribution in [2.24, 2.45) is 0 Å². The Hall–Kier alpha value is 0.0544. The molecule has 3 heteroatoms. The standard InChI is InChI=1S/CHO.2CH3.O.V/c1-2;;;;/h1H;2*1H3;;/q3*-1;;. The third-order valence-electron chi connectivity index (χ3n) is 0. The molecule has 2 nitrogen and oxygen atoms in total. The summed E-state index contributed by atoms with van der Waals surface area (Å²) < 4.78 is 8.19. The molecule has 0 spiro atoms. The average Bonchev–Trinajstić information content (AvgIpc) is 1.50. The Kier molecular flexibility index (Phi) is 171000. The van der Waals surface area contributed by atoms with Crippen LogP contribution in [0.2, 0.25) is 0 Å². The molecule has 0 aliphatic rings. The number of carbonyl (C=O) groups excluding carboxylic acids is 1. The Balaban J connectivity index is -0.00000000500. The van der Waals surface area contributed by atoms with Gasteiger partial charge in [-0.1, -0.05) is 0 Å². The second-order valence-corrected chi connectivity index (χ2v) is 0. The molecule has 0 amide bonds. The molecule has 0 aromatic heterocycles. The predicted octanol–water partition coefficient (Wildman–Crippen LogP) is 0.505. The first-order valence-electron chi connectivity index (χ1n) is 0.418. The van der Waals surface area contributed by atoms with Gasteiger partial charge in [0.05, 0.1) is 0 Å². The summed E-state index contributed by atoms with van der Waals surface area (Å²) in [6.45, 7) is 3.25. The van der Waals surface area contributed by atoms with Crippen LogP contribution in [0.5, 0.6) is 0 Å². The Morgan fingerprint density at radius 2 is 1.00 bits per heavy atom. The minimum atomic E-state index is 0. The Morgan fingerprint density at radius 1 is 1.00 bits per heavy atom. The first kappa shape index (κ1) is 36.6. The van der Waals surface area contributed by atoms with Gasteiger partial charge in [0.2, 0.25) is 0 Å². The molecule has 0 rings (SSSR count). The van der Waals surface area contributed by atoms with Crippen molar-refractivity contribution in [3.05, 3.63) is 14.9 Å². The van der Waals surface area contributed by atoms with Gasteiger partial charge in [0, 0.05) is 0 Å². The summed E-state index contributed by atoms with van der Waals surface area (Å²) in [4.78, 5) is 7.75. The number of hydrogen-bond donors (Lipinski definition) is 0. The van der Waals surface area contributed by atoms with E-state index in [0.717, 1.165) is 17.4 Å². The predicted molar refractivity (Wildman–Crippen MR) is 20.3 cm³/mol. The molecule has 0 aliphatic carbocycles. The quantitative estimate of drug-likeness (QED) is 0.350. The van der Waals surface area contributed by atoms with Crippen LogP contribution < -0.4 is 0 Å². The van der Waals surface area contributed by atoms with Gasteiger partial charge in [-0.3, -0.25) is 6.79 Å². The fraction of sp³-hybridized carbons (Fsp3) is 0. The zero-order chi connectivity index (χ0) is 4.00. The topological polar surface area (TPSA) is 34.1 Å². The van der Waals surface area contributed by atoms with E-state index < -0.39 is 0 Å². The third-order valence-corrected chi connectivity index (χ3v) is 0. The van der Waals surface area contributed by atoms with Crippen LogP contribution in [0.4, 0.5) is 0 Å². The van der Waals surface area contributed by atoms with Crippen molar-refractivity contribution in [1.29, 1.82) is 0 Å². The third kappa shape index (κ3) is 12800. The van der Waals surface area contributed by atoms with E-state index in [-0.39, 0.29) is 14.9 Å². The SMILES string of the molecule is [CH-]=O.[CH3-].[CH3-].[O]=[V]. The second-order valence-electron chi connectivity index (χ2n) is 0. The molecule has 0 unspecified atom stereocenters. The summed E-state index contributed by atoms with van der Waals surface area (Å²) in [6.07, 6.45) is 0. The Morgan fingerprint density at radius 3 is 1.00 bits per heavy atom. The molecule has 0 aromatic rings. The van der Waals surface area contributed by atoms with Crippen LogP contribution in [-0.4, -0.2) is 6.79 Å². The Bertz CT molecular complexity index is 10.8. The zero-order valence-corrected chi connectivity index (χ0v) is 5.24. The average molecular weight is 126 g/mol. The summed E-state index contributed by atoms with van der Waals surface area (Å²) in [6, 6.07) is 0. The molecule has 0 saturated heterocycles. The van der Waals surface area contributed by atoms with Gasteiger partial charge in [-0.2, -0.15) is 0 Å². The molecule has 0 heterocycles. The van der Waals surface area contributed by atoms with Gasteiger partial charge in [0.15, 0.2) is 0 Å². The molecule has 0 aromatic carbocycles. The molecule has 0 fully saturated rings. The molecular formula is C3H7O2V-3. The van der Waals surface area contributed by atoms with Gasteiger partial charge in [-0.05, 0) is 0 Å². The second kappa shape index (κ2) is 28100. The van der Waals surface area contributed by atoms with Gasteiger partial charge in [-0.15, -0.1) is 0 Å². The zero-order valence-electron chi connectivity index (χ0n) is 3.84. The van der Waals surface area contributed by atoms with Crippen LogP contribution in [0.25, 0.3) is 0 Å². The van der Waals surface area contributed by atoms with Crippen molar-refractivity contribution in [3.8, 4) is 0 Å². The van der Waals surface area contributed by atoms with Crippen LogP contribution in [-0.2, 0) is 25.8 Å². The molecule has 0 radical (unpaired) electrons. The van der Waals surface area contributed by atoms with Crippen molar-refractivity contribution in [3.63, 3.8) is 0 Å². The molecule has 39 valence electrons. The van der Waals surface area contributed by atoms with Gasteiger partial charge < -0.3 is 19.6 Å². The van der Waals surface area contributed by atoms with Crippen LogP contribution in [0, 0.1) is 14.9 Å². The van der Waals surface area contributed by atoms with Gasteiger partial charge in [0.1, 0.15) is 0 Å². The van der Waals surface area contributed by atoms with E-state index in [1.54, 1.807) is 0 Å². The van der Waals surface area contributed by atoms with E-state index in [1.807, 2.05) is 0 Å². The van der Waals surface area contributed by atoms with Crippen molar-refractivity contribution in [2.45, 2.75) is 0 Å². The maximum absolute atomic E-state index is 8.19. The van der Waals surface area contributed by atoms with Gasteiger partial charge in [-0.25, -0.2) is 0 Å². The summed E-state index contributed by atoms with van der Waals surface area (Å²) in [7, 11) is 0. The van der Waals surface area contributed by atoms with Crippen molar-refractivity contribution in [2.75, 3.05) is 0 Å². The number of rotatable bonds is 0. The van der Waals surface area contributed by atoms with Crippen LogP contribution in [0.15, 0.2) is 0 Å². The van der Waals surface area contributed by atoms with E-state index in [4.69, 9.17) is 8.47 Å². The van der Waals surface area contributed by atoms with Gasteiger partial charge in [0.25, 0.3) is 0 Å². The molecule has 0 bridgehead atoms. The first-order chi connectivity index (χ1) is 2.00. The van der Waals surface area contributed by atoms with Crippen LogP contribution >= 0.6 is 0 Å². The Labute approximate surface area is 48.1 Å². The van der Waals surface area contributed by atoms with E-state index in [2.05, 4.69) is 6.79 Å². The molecule has 0 saturated carbocycles. The van der Waals surface area contributed by atoms with Crippen LogP contribution in [0.1, 0.15) is 0 Å². The van der Waals surface area contributed by atoms with Crippen molar-refractivity contribution in [1.82, 2.24) is 0 Å². The first-order valence-corrected chi connectivity index (χ1v) is 0.988. The molecule has 0 atom stereocenters. The fourth-order valence-electron chi connectivity index (χ4n) is 0. The monoisotopic (exact) mass is 126 g/mol.